The SMILES string of the molecule is COc1cc(C(OCOc2ccccc2)C(F)(F)F)nc(OC)n1. The number of nitrogens with zero attached hydrogens (tertiary/aromatic N) is 2. The molecule has 0 amide bonds. The second kappa shape index (κ2) is 7.82. The van der Waals surface area contributed by atoms with Crippen molar-refractivity contribution in [3.63, 3.8) is 0 Å². The van der Waals surface area contributed by atoms with Gasteiger partial charge in [-0.3, -0.25) is 0 Å². The van der Waals surface area contributed by atoms with E-state index in [0.717, 1.165) is 6.07 Å². The van der Waals surface area contributed by atoms with E-state index < -0.39 is 24.8 Å². The Morgan fingerprint density at radius 3 is 2.33 bits per heavy atom. The quantitative estimate of drug-likeness (QED) is 0.719. The molecule has 0 aliphatic rings. The van der Waals surface area contributed by atoms with Gasteiger partial charge in [0.1, 0.15) is 5.75 Å². The molecule has 0 bridgehead atoms. The van der Waals surface area contributed by atoms with Gasteiger partial charge >= 0.3 is 12.2 Å². The largest absolute Gasteiger partial charge is 0.481 e. The van der Waals surface area contributed by atoms with Gasteiger partial charge in [0.25, 0.3) is 0 Å². The predicted molar refractivity (Wildman–Crippen MR) is 77.0 cm³/mol. The fraction of sp³-hybridized carbons (Fsp3) is 0.333. The summed E-state index contributed by atoms with van der Waals surface area (Å²) in [6, 6.07) is 9.11. The highest BCUT2D eigenvalue weighted by atomic mass is 19.4. The van der Waals surface area contributed by atoms with Crippen LogP contribution in [0.3, 0.4) is 0 Å². The number of hydrogen-bond donors (Lipinski definition) is 0. The molecule has 1 heterocycles. The maximum atomic E-state index is 13.3. The van der Waals surface area contributed by atoms with Crippen LogP contribution in [0.15, 0.2) is 36.4 Å². The summed E-state index contributed by atoms with van der Waals surface area (Å²) < 4.78 is 59.5. The Kier molecular flexibility index (Phi) is 5.80. The van der Waals surface area contributed by atoms with Crippen LogP contribution in [0.1, 0.15) is 11.8 Å². The molecule has 0 N–H and O–H groups in total. The van der Waals surface area contributed by atoms with Crippen molar-refractivity contribution in [3.05, 3.63) is 42.1 Å². The van der Waals surface area contributed by atoms with Gasteiger partial charge in [-0.25, -0.2) is 0 Å². The van der Waals surface area contributed by atoms with Gasteiger partial charge in [0.2, 0.25) is 5.88 Å². The van der Waals surface area contributed by atoms with Crippen molar-refractivity contribution in [2.24, 2.45) is 0 Å². The van der Waals surface area contributed by atoms with Crippen LogP contribution < -0.4 is 14.2 Å². The lowest BCUT2D eigenvalue weighted by molar-refractivity contribution is -0.238. The van der Waals surface area contributed by atoms with Crippen LogP contribution in [0.25, 0.3) is 0 Å². The Morgan fingerprint density at radius 1 is 1.04 bits per heavy atom. The number of aromatic nitrogens is 2. The first-order chi connectivity index (χ1) is 11.4. The average Bonchev–Trinajstić information content (AvgIpc) is 2.58. The second-order valence-electron chi connectivity index (χ2n) is 4.49. The second-order valence-corrected chi connectivity index (χ2v) is 4.49. The van der Waals surface area contributed by atoms with E-state index in [0.29, 0.717) is 5.75 Å². The Bertz CT molecular complexity index is 631. The standard InChI is InChI=1S/C15H15F3N2O4/c1-21-12-8-11(19-14(20-12)22-2)13(15(16,17)18)24-9-23-10-6-4-3-5-7-10/h3-8,13H,9H2,1-2H3. The first-order valence-electron chi connectivity index (χ1n) is 6.77. The van der Waals surface area contributed by atoms with Crippen molar-refractivity contribution < 1.29 is 32.1 Å². The zero-order valence-corrected chi connectivity index (χ0v) is 12.9. The lowest BCUT2D eigenvalue weighted by Crippen LogP contribution is -2.26. The van der Waals surface area contributed by atoms with Crippen molar-refractivity contribution >= 4 is 0 Å². The zero-order chi connectivity index (χ0) is 17.6. The molecule has 2 rings (SSSR count). The molecular weight excluding hydrogens is 329 g/mol. The minimum atomic E-state index is -4.70. The smallest absolute Gasteiger partial charge is 0.420 e. The molecule has 0 radical (unpaired) electrons. The molecule has 0 saturated carbocycles. The Labute approximate surface area is 136 Å². The summed E-state index contributed by atoms with van der Waals surface area (Å²) in [6.45, 7) is -0.608. The van der Waals surface area contributed by atoms with Crippen molar-refractivity contribution in [1.29, 1.82) is 0 Å². The first-order valence-corrected chi connectivity index (χ1v) is 6.77. The normalized spacial score (nSPS) is 12.5. The van der Waals surface area contributed by atoms with E-state index in [1.807, 2.05) is 0 Å². The molecule has 2 aromatic rings. The van der Waals surface area contributed by atoms with Crippen molar-refractivity contribution in [2.75, 3.05) is 21.0 Å². The number of ether oxygens (including phenoxy) is 4. The molecular formula is C15H15F3N2O4. The number of halogens is 3. The molecule has 1 atom stereocenters. The minimum Gasteiger partial charge on any atom is -0.481 e. The van der Waals surface area contributed by atoms with Gasteiger partial charge in [0, 0.05) is 6.07 Å². The summed E-state index contributed by atoms with van der Waals surface area (Å²) in [7, 11) is 2.51. The van der Waals surface area contributed by atoms with Crippen LogP contribution in [-0.4, -0.2) is 37.2 Å². The van der Waals surface area contributed by atoms with Gasteiger partial charge in [-0.05, 0) is 12.1 Å². The van der Waals surface area contributed by atoms with E-state index >= 15 is 0 Å². The molecule has 0 spiro atoms. The topological polar surface area (TPSA) is 62.7 Å². The highest BCUT2D eigenvalue weighted by Gasteiger charge is 2.44. The van der Waals surface area contributed by atoms with Crippen molar-refractivity contribution in [3.8, 4) is 17.6 Å². The van der Waals surface area contributed by atoms with E-state index in [1.165, 1.54) is 14.2 Å². The first kappa shape index (κ1) is 17.8. The fourth-order valence-corrected chi connectivity index (χ4v) is 1.79. The minimum absolute atomic E-state index is 0.0707. The van der Waals surface area contributed by atoms with Crippen molar-refractivity contribution in [2.45, 2.75) is 12.3 Å². The summed E-state index contributed by atoms with van der Waals surface area (Å²) in [5.74, 6) is 0.315. The van der Waals surface area contributed by atoms with E-state index in [1.54, 1.807) is 30.3 Å². The van der Waals surface area contributed by atoms with Gasteiger partial charge in [-0.1, -0.05) is 18.2 Å². The number of benzene rings is 1. The van der Waals surface area contributed by atoms with Crippen LogP contribution >= 0.6 is 0 Å². The van der Waals surface area contributed by atoms with Crippen LogP contribution in [0.5, 0.6) is 17.6 Å². The third-order valence-corrected chi connectivity index (χ3v) is 2.86. The third-order valence-electron chi connectivity index (χ3n) is 2.86. The maximum absolute atomic E-state index is 13.3. The average molecular weight is 344 g/mol. The van der Waals surface area contributed by atoms with Crippen LogP contribution in [0.2, 0.25) is 0 Å². The highest BCUT2D eigenvalue weighted by molar-refractivity contribution is 5.22. The summed E-state index contributed by atoms with van der Waals surface area (Å²) in [5, 5.41) is 0. The zero-order valence-electron chi connectivity index (χ0n) is 12.9. The molecule has 0 saturated heterocycles. The third kappa shape index (κ3) is 4.72. The highest BCUT2D eigenvalue weighted by Crippen LogP contribution is 2.36. The number of hydrogen-bond acceptors (Lipinski definition) is 6. The maximum Gasteiger partial charge on any atom is 0.420 e. The molecule has 0 aliphatic carbocycles. The van der Waals surface area contributed by atoms with E-state index in [4.69, 9.17) is 18.9 Å². The molecule has 1 unspecified atom stereocenters. The van der Waals surface area contributed by atoms with Crippen LogP contribution in [-0.2, 0) is 4.74 Å². The molecule has 24 heavy (non-hydrogen) atoms. The van der Waals surface area contributed by atoms with Gasteiger partial charge < -0.3 is 18.9 Å². The van der Waals surface area contributed by atoms with Crippen LogP contribution in [0, 0.1) is 0 Å². The van der Waals surface area contributed by atoms with Gasteiger partial charge in [-0.2, -0.15) is 23.1 Å². The number of rotatable bonds is 7. The lowest BCUT2D eigenvalue weighted by atomic mass is 10.2. The monoisotopic (exact) mass is 344 g/mol. The Morgan fingerprint density at radius 2 is 1.75 bits per heavy atom. The molecule has 130 valence electrons. The van der Waals surface area contributed by atoms with Crippen LogP contribution in [0.4, 0.5) is 13.2 Å². The molecule has 0 aliphatic heterocycles. The summed E-state index contributed by atoms with van der Waals surface area (Å²) in [6.07, 6.45) is -7.02. The molecule has 1 aromatic carbocycles. The van der Waals surface area contributed by atoms with Gasteiger partial charge in [0.15, 0.2) is 12.9 Å². The Hall–Kier alpha value is -2.55. The number of para-hydroxylation sites is 1. The molecule has 0 fully saturated rings. The predicted octanol–water partition coefficient (Wildman–Crippen LogP) is 3.15. The fourth-order valence-electron chi connectivity index (χ4n) is 1.79. The summed E-state index contributed by atoms with van der Waals surface area (Å²) in [5.41, 5.74) is -0.442. The van der Waals surface area contributed by atoms with Gasteiger partial charge in [0.05, 0.1) is 19.9 Å². The van der Waals surface area contributed by atoms with Crippen molar-refractivity contribution in [1.82, 2.24) is 9.97 Å². The lowest BCUT2D eigenvalue weighted by Gasteiger charge is -2.21. The number of alkyl halides is 3. The van der Waals surface area contributed by atoms with E-state index in [9.17, 15) is 13.2 Å². The summed E-state index contributed by atoms with van der Waals surface area (Å²) >= 11 is 0. The molecule has 6 nitrogen and oxygen atoms in total. The Balaban J connectivity index is 2.16. The van der Waals surface area contributed by atoms with E-state index in [-0.39, 0.29) is 11.9 Å². The van der Waals surface area contributed by atoms with E-state index in [2.05, 4.69) is 9.97 Å². The van der Waals surface area contributed by atoms with Gasteiger partial charge in [-0.15, -0.1) is 0 Å². The molecule has 1 aromatic heterocycles. The summed E-state index contributed by atoms with van der Waals surface area (Å²) in [4.78, 5) is 7.43. The molecule has 9 heteroatoms. The number of methoxy groups -OCH3 is 2.